The van der Waals surface area contributed by atoms with Gasteiger partial charge in [0.15, 0.2) is 0 Å². The van der Waals surface area contributed by atoms with Gasteiger partial charge < -0.3 is 14.2 Å². The Labute approximate surface area is 164 Å². The minimum atomic E-state index is 0.0533. The SMILES string of the molecule is O=C(Nc1cccc(-c2ccco2)c1)C1CCN(C/C=C/c2ccco2)CC1. The van der Waals surface area contributed by atoms with Gasteiger partial charge >= 0.3 is 0 Å². The predicted molar refractivity (Wildman–Crippen MR) is 110 cm³/mol. The molecule has 1 amide bonds. The van der Waals surface area contributed by atoms with E-state index in [9.17, 15) is 4.79 Å². The number of likely N-dealkylation sites (tertiary alicyclic amines) is 1. The third-order valence-corrected chi connectivity index (χ3v) is 5.08. The highest BCUT2D eigenvalue weighted by atomic mass is 16.3. The van der Waals surface area contributed by atoms with Crippen molar-refractivity contribution in [3.05, 3.63) is 72.9 Å². The third-order valence-electron chi connectivity index (χ3n) is 5.08. The molecule has 3 heterocycles. The van der Waals surface area contributed by atoms with Gasteiger partial charge in [-0.25, -0.2) is 0 Å². The van der Waals surface area contributed by atoms with Crippen LogP contribution in [0.25, 0.3) is 17.4 Å². The van der Waals surface area contributed by atoms with Crippen LogP contribution in [0.4, 0.5) is 5.69 Å². The van der Waals surface area contributed by atoms with Crippen LogP contribution in [0.3, 0.4) is 0 Å². The normalized spacial score (nSPS) is 15.9. The molecule has 0 saturated carbocycles. The molecular weight excluding hydrogens is 352 g/mol. The first-order chi connectivity index (χ1) is 13.8. The van der Waals surface area contributed by atoms with Gasteiger partial charge in [-0.05, 0) is 68.4 Å². The number of piperidine rings is 1. The van der Waals surface area contributed by atoms with Crippen molar-refractivity contribution in [1.29, 1.82) is 0 Å². The largest absolute Gasteiger partial charge is 0.465 e. The zero-order valence-corrected chi connectivity index (χ0v) is 15.7. The van der Waals surface area contributed by atoms with Gasteiger partial charge in [0.1, 0.15) is 11.5 Å². The minimum absolute atomic E-state index is 0.0533. The standard InChI is InChI=1S/C23H24N2O3/c26-23(24-20-6-1-5-19(17-20)22-9-4-16-28-22)18-10-13-25(14-11-18)12-2-7-21-8-3-15-27-21/h1-9,15-18H,10-14H2,(H,24,26)/b7-2+. The number of hydrogen-bond donors (Lipinski definition) is 1. The summed E-state index contributed by atoms with van der Waals surface area (Å²) in [5, 5.41) is 3.07. The van der Waals surface area contributed by atoms with E-state index in [1.165, 1.54) is 0 Å². The maximum atomic E-state index is 12.7. The number of amides is 1. The molecule has 0 unspecified atom stereocenters. The highest BCUT2D eigenvalue weighted by molar-refractivity contribution is 5.93. The van der Waals surface area contributed by atoms with Gasteiger partial charge in [-0.3, -0.25) is 9.69 Å². The van der Waals surface area contributed by atoms with Gasteiger partial charge in [0, 0.05) is 23.7 Å². The van der Waals surface area contributed by atoms with Crippen LogP contribution < -0.4 is 5.32 Å². The summed E-state index contributed by atoms with van der Waals surface area (Å²) < 4.78 is 10.7. The summed E-state index contributed by atoms with van der Waals surface area (Å²) in [6, 6.07) is 15.4. The molecule has 0 radical (unpaired) electrons. The summed E-state index contributed by atoms with van der Waals surface area (Å²) in [5.74, 6) is 1.82. The summed E-state index contributed by atoms with van der Waals surface area (Å²) >= 11 is 0. The van der Waals surface area contributed by atoms with E-state index in [1.807, 2.05) is 54.6 Å². The molecule has 1 aliphatic heterocycles. The Balaban J connectivity index is 1.27. The van der Waals surface area contributed by atoms with Gasteiger partial charge in [0.25, 0.3) is 0 Å². The lowest BCUT2D eigenvalue weighted by molar-refractivity contribution is -0.121. The molecule has 4 rings (SSSR count). The first-order valence-electron chi connectivity index (χ1n) is 9.65. The lowest BCUT2D eigenvalue weighted by Gasteiger charge is -2.30. The number of benzene rings is 1. The number of carbonyl (C=O) groups excluding carboxylic acids is 1. The Morgan fingerprint density at radius 1 is 1.07 bits per heavy atom. The minimum Gasteiger partial charge on any atom is -0.465 e. The van der Waals surface area contributed by atoms with Crippen molar-refractivity contribution in [3.8, 4) is 11.3 Å². The highest BCUT2D eigenvalue weighted by Crippen LogP contribution is 2.24. The monoisotopic (exact) mass is 376 g/mol. The van der Waals surface area contributed by atoms with Crippen molar-refractivity contribution in [2.45, 2.75) is 12.8 Å². The second kappa shape index (κ2) is 8.76. The number of rotatable bonds is 6. The van der Waals surface area contributed by atoms with Crippen molar-refractivity contribution in [3.63, 3.8) is 0 Å². The number of furan rings is 2. The Kier molecular flexibility index (Phi) is 5.73. The van der Waals surface area contributed by atoms with Gasteiger partial charge in [-0.1, -0.05) is 18.2 Å². The first-order valence-corrected chi connectivity index (χ1v) is 9.65. The molecule has 1 aromatic carbocycles. The lowest BCUT2D eigenvalue weighted by atomic mass is 9.95. The average Bonchev–Trinajstić information content (AvgIpc) is 3.43. The van der Waals surface area contributed by atoms with Crippen LogP contribution in [-0.2, 0) is 4.79 Å². The predicted octanol–water partition coefficient (Wildman–Crippen LogP) is 4.90. The number of hydrogen-bond acceptors (Lipinski definition) is 4. The van der Waals surface area contributed by atoms with E-state index in [0.29, 0.717) is 0 Å². The molecule has 144 valence electrons. The van der Waals surface area contributed by atoms with Gasteiger partial charge in [0.2, 0.25) is 5.91 Å². The zero-order chi connectivity index (χ0) is 19.2. The Hall–Kier alpha value is -3.05. The molecule has 0 bridgehead atoms. The summed E-state index contributed by atoms with van der Waals surface area (Å²) in [5.41, 5.74) is 1.77. The van der Waals surface area contributed by atoms with Gasteiger partial charge in [-0.15, -0.1) is 0 Å². The number of anilines is 1. The van der Waals surface area contributed by atoms with Gasteiger partial charge in [-0.2, -0.15) is 0 Å². The van der Waals surface area contributed by atoms with E-state index in [2.05, 4.69) is 16.3 Å². The fraction of sp³-hybridized carbons (Fsp3) is 0.261. The molecule has 0 atom stereocenters. The topological polar surface area (TPSA) is 58.6 Å². The molecule has 2 aromatic heterocycles. The Morgan fingerprint density at radius 3 is 2.64 bits per heavy atom. The molecule has 0 spiro atoms. The molecule has 3 aromatic rings. The summed E-state index contributed by atoms with van der Waals surface area (Å²) in [4.78, 5) is 15.0. The fourth-order valence-electron chi connectivity index (χ4n) is 3.52. The van der Waals surface area contributed by atoms with E-state index in [0.717, 1.165) is 55.2 Å². The Morgan fingerprint density at radius 2 is 1.89 bits per heavy atom. The van der Waals surface area contributed by atoms with Crippen LogP contribution in [0.1, 0.15) is 18.6 Å². The maximum absolute atomic E-state index is 12.7. The summed E-state index contributed by atoms with van der Waals surface area (Å²) in [6.07, 6.45) is 9.17. The highest BCUT2D eigenvalue weighted by Gasteiger charge is 2.24. The maximum Gasteiger partial charge on any atom is 0.227 e. The Bertz CT molecular complexity index is 905. The zero-order valence-electron chi connectivity index (χ0n) is 15.7. The van der Waals surface area contributed by atoms with Crippen LogP contribution in [0.2, 0.25) is 0 Å². The van der Waals surface area contributed by atoms with E-state index in [-0.39, 0.29) is 11.8 Å². The molecule has 1 saturated heterocycles. The molecule has 0 aliphatic carbocycles. The van der Waals surface area contributed by atoms with E-state index in [1.54, 1.807) is 12.5 Å². The quantitative estimate of drug-likeness (QED) is 0.664. The third kappa shape index (κ3) is 4.61. The molecule has 5 nitrogen and oxygen atoms in total. The van der Waals surface area contributed by atoms with Crippen LogP contribution in [0, 0.1) is 5.92 Å². The first kappa shape index (κ1) is 18.3. The van der Waals surface area contributed by atoms with E-state index in [4.69, 9.17) is 8.83 Å². The van der Waals surface area contributed by atoms with Crippen molar-refractivity contribution in [2.75, 3.05) is 25.0 Å². The van der Waals surface area contributed by atoms with Gasteiger partial charge in [0.05, 0.1) is 12.5 Å². The number of nitrogens with one attached hydrogen (secondary N) is 1. The number of nitrogens with zero attached hydrogens (tertiary/aromatic N) is 1. The molecule has 5 heteroatoms. The van der Waals surface area contributed by atoms with Crippen molar-refractivity contribution < 1.29 is 13.6 Å². The molecular formula is C23H24N2O3. The van der Waals surface area contributed by atoms with Crippen molar-refractivity contribution in [1.82, 2.24) is 4.90 Å². The molecule has 1 fully saturated rings. The second-order valence-electron chi connectivity index (χ2n) is 7.04. The fourth-order valence-corrected chi connectivity index (χ4v) is 3.52. The average molecular weight is 376 g/mol. The van der Waals surface area contributed by atoms with E-state index < -0.39 is 0 Å². The van der Waals surface area contributed by atoms with Crippen LogP contribution >= 0.6 is 0 Å². The molecule has 1 aliphatic rings. The molecule has 28 heavy (non-hydrogen) atoms. The second-order valence-corrected chi connectivity index (χ2v) is 7.04. The van der Waals surface area contributed by atoms with Crippen molar-refractivity contribution >= 4 is 17.7 Å². The van der Waals surface area contributed by atoms with Crippen LogP contribution in [0.15, 0.2) is 76.0 Å². The summed E-state index contributed by atoms with van der Waals surface area (Å²) in [7, 11) is 0. The smallest absolute Gasteiger partial charge is 0.227 e. The van der Waals surface area contributed by atoms with E-state index >= 15 is 0 Å². The summed E-state index contributed by atoms with van der Waals surface area (Å²) in [6.45, 7) is 2.72. The van der Waals surface area contributed by atoms with Crippen molar-refractivity contribution in [2.24, 2.45) is 5.92 Å². The lowest BCUT2D eigenvalue weighted by Crippen LogP contribution is -2.38. The van der Waals surface area contributed by atoms with Crippen LogP contribution in [0.5, 0.6) is 0 Å². The number of carbonyl (C=O) groups is 1. The molecule has 1 N–H and O–H groups in total. The van der Waals surface area contributed by atoms with Crippen LogP contribution in [-0.4, -0.2) is 30.4 Å².